The zero-order valence-electron chi connectivity index (χ0n) is 12.3. The first-order chi connectivity index (χ1) is 9.95. The van der Waals surface area contributed by atoms with E-state index in [0.29, 0.717) is 16.5 Å². The van der Waals surface area contributed by atoms with Gasteiger partial charge in [-0.3, -0.25) is 0 Å². The van der Waals surface area contributed by atoms with Gasteiger partial charge in [-0.1, -0.05) is 17.7 Å². The molecule has 0 spiro atoms. The predicted octanol–water partition coefficient (Wildman–Crippen LogP) is 4.25. The molecule has 0 amide bonds. The van der Waals surface area contributed by atoms with E-state index in [-0.39, 0.29) is 6.61 Å². The van der Waals surface area contributed by atoms with Gasteiger partial charge in [0.2, 0.25) is 0 Å². The minimum Gasteiger partial charge on any atom is -0.482 e. The van der Waals surface area contributed by atoms with Crippen LogP contribution >= 0.6 is 11.6 Å². The van der Waals surface area contributed by atoms with E-state index in [1.807, 2.05) is 39.0 Å². The first-order valence-electron chi connectivity index (χ1n) is 6.62. The van der Waals surface area contributed by atoms with Gasteiger partial charge in [-0.05, 0) is 67.8 Å². The minimum absolute atomic E-state index is 0.134. The number of hydrogen-bond donors (Lipinski definition) is 0. The Balaban J connectivity index is 1.94. The van der Waals surface area contributed by atoms with Crippen LogP contribution in [0.4, 0.5) is 0 Å². The molecular formula is C17H17ClO3. The number of benzene rings is 2. The van der Waals surface area contributed by atoms with Gasteiger partial charge in [0.15, 0.2) is 6.61 Å². The Hall–Kier alpha value is -2.00. The fourth-order valence-corrected chi connectivity index (χ4v) is 2.05. The number of hydrogen-bond acceptors (Lipinski definition) is 3. The first-order valence-corrected chi connectivity index (χ1v) is 7.00. The molecule has 4 heteroatoms. The monoisotopic (exact) mass is 304 g/mol. The highest BCUT2D eigenvalue weighted by molar-refractivity contribution is 6.30. The van der Waals surface area contributed by atoms with Crippen molar-refractivity contribution < 1.29 is 14.3 Å². The Kier molecular flexibility index (Phi) is 4.86. The van der Waals surface area contributed by atoms with Crippen molar-refractivity contribution in [3.8, 4) is 11.5 Å². The lowest BCUT2D eigenvalue weighted by Gasteiger charge is -2.10. The van der Waals surface area contributed by atoms with Gasteiger partial charge < -0.3 is 9.47 Å². The summed E-state index contributed by atoms with van der Waals surface area (Å²) in [7, 11) is 0. The molecule has 0 saturated carbocycles. The molecule has 2 rings (SSSR count). The maximum Gasteiger partial charge on any atom is 0.349 e. The third-order valence-electron chi connectivity index (χ3n) is 3.20. The third kappa shape index (κ3) is 4.23. The van der Waals surface area contributed by atoms with Gasteiger partial charge in [0.05, 0.1) is 0 Å². The van der Waals surface area contributed by atoms with Gasteiger partial charge in [0.1, 0.15) is 11.5 Å². The fraction of sp³-hybridized carbons (Fsp3) is 0.235. The lowest BCUT2D eigenvalue weighted by Crippen LogP contribution is -2.18. The Morgan fingerprint density at radius 3 is 2.43 bits per heavy atom. The summed E-state index contributed by atoms with van der Waals surface area (Å²) in [5.41, 5.74) is 3.11. The van der Waals surface area contributed by atoms with Crippen LogP contribution in [-0.4, -0.2) is 12.6 Å². The van der Waals surface area contributed by atoms with Crippen LogP contribution in [0.3, 0.4) is 0 Å². The molecule has 0 aliphatic carbocycles. The summed E-state index contributed by atoms with van der Waals surface area (Å²) in [6, 6.07) is 10.8. The number of carbonyl (C=O) groups is 1. The van der Waals surface area contributed by atoms with Gasteiger partial charge in [-0.25, -0.2) is 4.79 Å². The maximum atomic E-state index is 11.8. The van der Waals surface area contributed by atoms with E-state index in [2.05, 4.69) is 0 Å². The Morgan fingerprint density at radius 1 is 1.00 bits per heavy atom. The number of rotatable bonds is 4. The van der Waals surface area contributed by atoms with Crippen molar-refractivity contribution >= 4 is 17.6 Å². The molecule has 0 saturated heterocycles. The van der Waals surface area contributed by atoms with Crippen molar-refractivity contribution in [1.82, 2.24) is 0 Å². The van der Waals surface area contributed by atoms with Gasteiger partial charge in [0.25, 0.3) is 0 Å². The van der Waals surface area contributed by atoms with E-state index in [4.69, 9.17) is 21.1 Å². The molecule has 3 nitrogen and oxygen atoms in total. The number of esters is 1. The zero-order chi connectivity index (χ0) is 15.4. The average molecular weight is 305 g/mol. The highest BCUT2D eigenvalue weighted by Crippen LogP contribution is 2.22. The van der Waals surface area contributed by atoms with Gasteiger partial charge >= 0.3 is 5.97 Å². The largest absolute Gasteiger partial charge is 0.482 e. The fourth-order valence-electron chi connectivity index (χ4n) is 1.83. The molecule has 110 valence electrons. The summed E-state index contributed by atoms with van der Waals surface area (Å²) in [5.74, 6) is 0.703. The smallest absolute Gasteiger partial charge is 0.349 e. The quantitative estimate of drug-likeness (QED) is 0.626. The van der Waals surface area contributed by atoms with E-state index >= 15 is 0 Å². The Labute approximate surface area is 129 Å². The van der Waals surface area contributed by atoms with Crippen LogP contribution in [0.25, 0.3) is 0 Å². The summed E-state index contributed by atoms with van der Waals surface area (Å²) in [6.07, 6.45) is 0. The van der Waals surface area contributed by atoms with E-state index in [9.17, 15) is 4.79 Å². The van der Waals surface area contributed by atoms with Crippen LogP contribution in [0.2, 0.25) is 5.02 Å². The summed E-state index contributed by atoms with van der Waals surface area (Å²) in [5, 5.41) is 0.610. The van der Waals surface area contributed by atoms with E-state index in [1.165, 1.54) is 5.56 Å². The van der Waals surface area contributed by atoms with Crippen molar-refractivity contribution in [1.29, 1.82) is 0 Å². The van der Waals surface area contributed by atoms with Crippen LogP contribution in [0, 0.1) is 20.8 Å². The maximum absolute atomic E-state index is 11.8. The van der Waals surface area contributed by atoms with Crippen molar-refractivity contribution in [3.05, 3.63) is 58.1 Å². The topological polar surface area (TPSA) is 35.5 Å². The van der Waals surface area contributed by atoms with Crippen LogP contribution in [-0.2, 0) is 4.79 Å². The van der Waals surface area contributed by atoms with Gasteiger partial charge in [0, 0.05) is 5.02 Å². The van der Waals surface area contributed by atoms with Crippen LogP contribution < -0.4 is 9.47 Å². The van der Waals surface area contributed by atoms with Crippen LogP contribution in [0.1, 0.15) is 16.7 Å². The summed E-state index contributed by atoms with van der Waals surface area (Å²) < 4.78 is 10.7. The highest BCUT2D eigenvalue weighted by atomic mass is 35.5. The molecule has 0 atom stereocenters. The van der Waals surface area contributed by atoms with E-state index < -0.39 is 5.97 Å². The summed E-state index contributed by atoms with van der Waals surface area (Å²) in [6.45, 7) is 5.72. The van der Waals surface area contributed by atoms with E-state index in [0.717, 1.165) is 11.1 Å². The lowest BCUT2D eigenvalue weighted by atomic mass is 10.1. The van der Waals surface area contributed by atoms with Crippen molar-refractivity contribution in [2.45, 2.75) is 20.8 Å². The van der Waals surface area contributed by atoms with Crippen molar-refractivity contribution in [2.75, 3.05) is 6.61 Å². The molecule has 0 heterocycles. The molecule has 0 aliphatic rings. The number of aryl methyl sites for hydroxylation is 3. The second-order valence-corrected chi connectivity index (χ2v) is 5.36. The van der Waals surface area contributed by atoms with Crippen LogP contribution in [0.15, 0.2) is 36.4 Å². The number of carbonyl (C=O) groups excluding carboxylic acids is 1. The lowest BCUT2D eigenvalue weighted by molar-refractivity contribution is -0.136. The molecule has 0 unspecified atom stereocenters. The Morgan fingerprint density at radius 2 is 1.76 bits per heavy atom. The summed E-state index contributed by atoms with van der Waals surface area (Å²) >= 11 is 5.86. The van der Waals surface area contributed by atoms with Gasteiger partial charge in [-0.2, -0.15) is 0 Å². The normalized spacial score (nSPS) is 10.3. The van der Waals surface area contributed by atoms with E-state index in [1.54, 1.807) is 18.2 Å². The second kappa shape index (κ2) is 6.64. The van der Waals surface area contributed by atoms with Crippen molar-refractivity contribution in [2.24, 2.45) is 0 Å². The standard InChI is InChI=1S/C17H17ClO3/c1-11-4-6-15(9-12(11)2)20-10-17(19)21-16-7-5-14(18)8-13(16)3/h4-9H,10H2,1-3H3. The third-order valence-corrected chi connectivity index (χ3v) is 3.43. The highest BCUT2D eigenvalue weighted by Gasteiger charge is 2.09. The number of ether oxygens (including phenoxy) is 2. The molecular weight excluding hydrogens is 288 g/mol. The first kappa shape index (κ1) is 15.4. The molecule has 0 radical (unpaired) electrons. The SMILES string of the molecule is Cc1ccc(OCC(=O)Oc2ccc(Cl)cc2C)cc1C. The predicted molar refractivity (Wildman–Crippen MR) is 83.2 cm³/mol. The Bertz CT molecular complexity index is 665. The molecule has 0 aliphatic heterocycles. The molecule has 2 aromatic rings. The molecule has 0 fully saturated rings. The second-order valence-electron chi connectivity index (χ2n) is 4.92. The summed E-state index contributed by atoms with van der Waals surface area (Å²) in [4.78, 5) is 11.8. The molecule has 0 aromatic heterocycles. The molecule has 0 bridgehead atoms. The average Bonchev–Trinajstić information content (AvgIpc) is 2.43. The molecule has 21 heavy (non-hydrogen) atoms. The minimum atomic E-state index is -0.446. The van der Waals surface area contributed by atoms with Crippen LogP contribution in [0.5, 0.6) is 11.5 Å². The van der Waals surface area contributed by atoms with Crippen molar-refractivity contribution in [3.63, 3.8) is 0 Å². The molecule has 2 aromatic carbocycles. The zero-order valence-corrected chi connectivity index (χ0v) is 13.0. The van der Waals surface area contributed by atoms with Gasteiger partial charge in [-0.15, -0.1) is 0 Å². The number of halogens is 1. The molecule has 0 N–H and O–H groups in total.